The van der Waals surface area contributed by atoms with Gasteiger partial charge in [0.15, 0.2) is 0 Å². The van der Waals surface area contributed by atoms with E-state index in [1.54, 1.807) is 13.8 Å². The van der Waals surface area contributed by atoms with Crippen molar-refractivity contribution in [3.05, 3.63) is 29.1 Å². The van der Waals surface area contributed by atoms with Gasteiger partial charge in [0.25, 0.3) is 0 Å². The van der Waals surface area contributed by atoms with Crippen LogP contribution in [0.3, 0.4) is 0 Å². The quantitative estimate of drug-likeness (QED) is 0.869. The van der Waals surface area contributed by atoms with E-state index in [9.17, 15) is 17.6 Å². The standard InChI is InChI=1S/C13H18FNO4S/c1-7(2)12(13(16)17)15-20(18,19)10-5-8(3)11(14)9(4)6-10/h5-7,12,15H,1-4H3,(H,16,17)/t12-/m0/s1. The van der Waals surface area contributed by atoms with Gasteiger partial charge in [0.05, 0.1) is 4.90 Å². The molecular weight excluding hydrogens is 285 g/mol. The van der Waals surface area contributed by atoms with Crippen LogP contribution in [-0.2, 0) is 14.8 Å². The summed E-state index contributed by atoms with van der Waals surface area (Å²) in [5.74, 6) is -2.13. The minimum Gasteiger partial charge on any atom is -0.480 e. The molecule has 1 rings (SSSR count). The first-order chi connectivity index (χ1) is 9.06. The van der Waals surface area contributed by atoms with Crippen LogP contribution in [0.5, 0.6) is 0 Å². The van der Waals surface area contributed by atoms with Gasteiger partial charge >= 0.3 is 5.97 Å². The van der Waals surface area contributed by atoms with Crippen LogP contribution in [-0.4, -0.2) is 25.5 Å². The lowest BCUT2D eigenvalue weighted by Crippen LogP contribution is -2.44. The molecule has 0 aliphatic heterocycles. The number of nitrogens with one attached hydrogen (secondary N) is 1. The highest BCUT2D eigenvalue weighted by molar-refractivity contribution is 7.89. The predicted octanol–water partition coefficient (Wildman–Crippen LogP) is 1.83. The van der Waals surface area contributed by atoms with Crippen molar-refractivity contribution in [2.75, 3.05) is 0 Å². The van der Waals surface area contributed by atoms with Crippen LogP contribution in [0.1, 0.15) is 25.0 Å². The number of hydrogen-bond donors (Lipinski definition) is 2. The molecule has 0 bridgehead atoms. The Bertz CT molecular complexity index is 602. The Hall–Kier alpha value is -1.47. The molecule has 0 aromatic heterocycles. The van der Waals surface area contributed by atoms with Gasteiger partial charge in [0, 0.05) is 0 Å². The lowest BCUT2D eigenvalue weighted by molar-refractivity contribution is -0.140. The van der Waals surface area contributed by atoms with E-state index < -0.39 is 33.8 Å². The molecule has 1 atom stereocenters. The summed E-state index contributed by atoms with van der Waals surface area (Å²) in [6.07, 6.45) is 0. The molecule has 0 amide bonds. The number of halogens is 1. The Balaban J connectivity index is 3.21. The van der Waals surface area contributed by atoms with Gasteiger partial charge in [-0.25, -0.2) is 12.8 Å². The third-order valence-corrected chi connectivity index (χ3v) is 4.36. The Morgan fingerprint density at radius 2 is 1.70 bits per heavy atom. The van der Waals surface area contributed by atoms with Gasteiger partial charge < -0.3 is 5.11 Å². The van der Waals surface area contributed by atoms with Crippen LogP contribution in [0.15, 0.2) is 17.0 Å². The molecule has 0 fully saturated rings. The first kappa shape index (κ1) is 16.6. The van der Waals surface area contributed by atoms with Crippen LogP contribution >= 0.6 is 0 Å². The average molecular weight is 303 g/mol. The molecule has 5 nitrogen and oxygen atoms in total. The molecule has 0 aliphatic carbocycles. The minimum absolute atomic E-state index is 0.138. The Kier molecular flexibility index (Phi) is 4.88. The van der Waals surface area contributed by atoms with E-state index in [-0.39, 0.29) is 16.0 Å². The number of rotatable bonds is 5. The minimum atomic E-state index is -4.01. The fourth-order valence-corrected chi connectivity index (χ4v) is 3.28. The van der Waals surface area contributed by atoms with Crippen LogP contribution < -0.4 is 4.72 Å². The zero-order valence-electron chi connectivity index (χ0n) is 11.8. The van der Waals surface area contributed by atoms with Gasteiger partial charge in [0.1, 0.15) is 11.9 Å². The maximum Gasteiger partial charge on any atom is 0.322 e. The van der Waals surface area contributed by atoms with Crippen LogP contribution in [0, 0.1) is 25.6 Å². The van der Waals surface area contributed by atoms with E-state index in [0.717, 1.165) is 0 Å². The summed E-state index contributed by atoms with van der Waals surface area (Å²) in [7, 11) is -4.01. The summed E-state index contributed by atoms with van der Waals surface area (Å²) in [5, 5.41) is 9.02. The molecule has 0 aliphatic rings. The number of carboxylic acids is 1. The van der Waals surface area contributed by atoms with E-state index in [1.807, 2.05) is 0 Å². The van der Waals surface area contributed by atoms with E-state index in [1.165, 1.54) is 26.0 Å². The largest absolute Gasteiger partial charge is 0.480 e. The number of aryl methyl sites for hydroxylation is 2. The number of aliphatic carboxylic acids is 1. The van der Waals surface area contributed by atoms with Crippen LogP contribution in [0.4, 0.5) is 4.39 Å². The summed E-state index contributed by atoms with van der Waals surface area (Å²) in [6.45, 7) is 6.11. The highest BCUT2D eigenvalue weighted by atomic mass is 32.2. The molecule has 0 saturated heterocycles. The fourth-order valence-electron chi connectivity index (χ4n) is 1.77. The van der Waals surface area contributed by atoms with E-state index in [0.29, 0.717) is 0 Å². The molecule has 2 N–H and O–H groups in total. The topological polar surface area (TPSA) is 83.5 Å². The first-order valence-corrected chi connectivity index (χ1v) is 7.56. The molecule has 0 spiro atoms. The van der Waals surface area contributed by atoms with Crippen LogP contribution in [0.2, 0.25) is 0 Å². The number of sulfonamides is 1. The second-order valence-electron chi connectivity index (χ2n) is 5.05. The van der Waals surface area contributed by atoms with Crippen molar-refractivity contribution < 1.29 is 22.7 Å². The van der Waals surface area contributed by atoms with Gasteiger partial charge in [-0.05, 0) is 43.0 Å². The predicted molar refractivity (Wildman–Crippen MR) is 72.5 cm³/mol. The third kappa shape index (κ3) is 3.55. The second kappa shape index (κ2) is 5.88. The van der Waals surface area contributed by atoms with E-state index >= 15 is 0 Å². The van der Waals surface area contributed by atoms with Gasteiger partial charge in [-0.1, -0.05) is 13.8 Å². The summed E-state index contributed by atoms with van der Waals surface area (Å²) >= 11 is 0. The number of hydrogen-bond acceptors (Lipinski definition) is 3. The van der Waals surface area contributed by atoms with Crippen molar-refractivity contribution in [1.29, 1.82) is 0 Å². The lowest BCUT2D eigenvalue weighted by Gasteiger charge is -2.18. The highest BCUT2D eigenvalue weighted by Crippen LogP contribution is 2.19. The molecule has 1 aromatic carbocycles. The zero-order valence-corrected chi connectivity index (χ0v) is 12.6. The van der Waals surface area contributed by atoms with Crippen molar-refractivity contribution >= 4 is 16.0 Å². The first-order valence-electron chi connectivity index (χ1n) is 6.08. The molecule has 1 aromatic rings. The highest BCUT2D eigenvalue weighted by Gasteiger charge is 2.28. The molecule has 20 heavy (non-hydrogen) atoms. The van der Waals surface area contributed by atoms with E-state index in [2.05, 4.69) is 4.72 Å². The maximum atomic E-state index is 13.5. The molecule has 0 radical (unpaired) electrons. The van der Waals surface area contributed by atoms with Crippen molar-refractivity contribution in [2.24, 2.45) is 5.92 Å². The summed E-state index contributed by atoms with van der Waals surface area (Å²) in [5.41, 5.74) is 0.392. The van der Waals surface area contributed by atoms with Gasteiger partial charge in [0.2, 0.25) is 10.0 Å². The monoisotopic (exact) mass is 303 g/mol. The zero-order chi connectivity index (χ0) is 15.7. The molecular formula is C13H18FNO4S. The number of carboxylic acid groups (broad SMARTS) is 1. The second-order valence-corrected chi connectivity index (χ2v) is 6.77. The third-order valence-electron chi connectivity index (χ3n) is 2.94. The maximum absolute atomic E-state index is 13.5. The molecule has 112 valence electrons. The van der Waals surface area contributed by atoms with Crippen molar-refractivity contribution in [1.82, 2.24) is 4.72 Å². The van der Waals surface area contributed by atoms with Crippen molar-refractivity contribution in [2.45, 2.75) is 38.6 Å². The normalized spacial score (nSPS) is 13.5. The Morgan fingerprint density at radius 1 is 1.25 bits per heavy atom. The SMILES string of the molecule is Cc1cc(S(=O)(=O)N[C@H](C(=O)O)C(C)C)cc(C)c1F. The number of benzene rings is 1. The van der Waals surface area contributed by atoms with Crippen molar-refractivity contribution in [3.8, 4) is 0 Å². The lowest BCUT2D eigenvalue weighted by atomic mass is 10.1. The van der Waals surface area contributed by atoms with Gasteiger partial charge in [-0.15, -0.1) is 0 Å². The van der Waals surface area contributed by atoms with E-state index in [4.69, 9.17) is 5.11 Å². The summed E-state index contributed by atoms with van der Waals surface area (Å²) < 4.78 is 40.0. The van der Waals surface area contributed by atoms with Gasteiger partial charge in [-0.2, -0.15) is 4.72 Å². The Labute approximate surface area is 117 Å². The molecule has 0 heterocycles. The molecule has 0 unspecified atom stereocenters. The molecule has 0 saturated carbocycles. The fraction of sp³-hybridized carbons (Fsp3) is 0.462. The van der Waals surface area contributed by atoms with Crippen LogP contribution in [0.25, 0.3) is 0 Å². The summed E-state index contributed by atoms with van der Waals surface area (Å²) in [4.78, 5) is 10.9. The van der Waals surface area contributed by atoms with Gasteiger partial charge in [-0.3, -0.25) is 4.79 Å². The molecule has 7 heteroatoms. The summed E-state index contributed by atoms with van der Waals surface area (Å²) in [6, 6.07) is 1.14. The average Bonchev–Trinajstić information content (AvgIpc) is 2.31. The number of carbonyl (C=O) groups is 1. The smallest absolute Gasteiger partial charge is 0.322 e. The van der Waals surface area contributed by atoms with Crippen molar-refractivity contribution in [3.63, 3.8) is 0 Å². The Morgan fingerprint density at radius 3 is 2.05 bits per heavy atom.